The van der Waals surface area contributed by atoms with Crippen molar-refractivity contribution in [1.82, 2.24) is 9.80 Å². The molecule has 1 N–H and O–H groups in total. The lowest BCUT2D eigenvalue weighted by Gasteiger charge is -2.40. The molecule has 0 bridgehead atoms. The van der Waals surface area contributed by atoms with Crippen molar-refractivity contribution in [3.63, 3.8) is 0 Å². The third-order valence-corrected chi connectivity index (χ3v) is 6.33. The van der Waals surface area contributed by atoms with E-state index in [9.17, 15) is 9.59 Å². The smallest absolute Gasteiger partial charge is 0.266 e. The Morgan fingerprint density at radius 3 is 2.06 bits per heavy atom. The van der Waals surface area contributed by atoms with E-state index in [2.05, 4.69) is 58.7 Å². The van der Waals surface area contributed by atoms with Gasteiger partial charge in [-0.25, -0.2) is 0 Å². The first-order chi connectivity index (χ1) is 16.2. The second-order valence-corrected chi connectivity index (χ2v) is 8.44. The van der Waals surface area contributed by atoms with Gasteiger partial charge in [-0.15, -0.1) is 0 Å². The molecule has 1 atom stereocenters. The van der Waals surface area contributed by atoms with E-state index < -0.39 is 6.10 Å². The Bertz CT molecular complexity index is 1070. The van der Waals surface area contributed by atoms with E-state index in [1.807, 2.05) is 29.2 Å². The summed E-state index contributed by atoms with van der Waals surface area (Å²) in [4.78, 5) is 29.7. The molecule has 1 fully saturated rings. The van der Waals surface area contributed by atoms with E-state index in [1.165, 1.54) is 11.1 Å². The van der Waals surface area contributed by atoms with Gasteiger partial charge < -0.3 is 15.0 Å². The van der Waals surface area contributed by atoms with E-state index in [4.69, 9.17) is 4.74 Å². The highest BCUT2D eigenvalue weighted by Crippen LogP contribution is 2.31. The van der Waals surface area contributed by atoms with E-state index >= 15 is 0 Å². The Hall–Kier alpha value is -3.64. The van der Waals surface area contributed by atoms with Crippen LogP contribution in [0.25, 0.3) is 0 Å². The van der Waals surface area contributed by atoms with Gasteiger partial charge in [0, 0.05) is 26.2 Å². The van der Waals surface area contributed by atoms with Crippen molar-refractivity contribution in [3.8, 4) is 5.75 Å². The minimum absolute atomic E-state index is 0.0426. The highest BCUT2D eigenvalue weighted by Gasteiger charge is 2.33. The van der Waals surface area contributed by atoms with Crippen LogP contribution in [0.5, 0.6) is 5.75 Å². The lowest BCUT2D eigenvalue weighted by molar-refractivity contribution is -0.138. The van der Waals surface area contributed by atoms with Gasteiger partial charge in [0.05, 0.1) is 18.2 Å². The minimum atomic E-state index is -0.799. The number of para-hydroxylation sites is 2. The lowest BCUT2D eigenvalue weighted by Crippen LogP contribution is -2.51. The van der Waals surface area contributed by atoms with Gasteiger partial charge in [0.25, 0.3) is 5.91 Å². The van der Waals surface area contributed by atoms with Gasteiger partial charge in [0.1, 0.15) is 5.75 Å². The third-order valence-electron chi connectivity index (χ3n) is 6.33. The Morgan fingerprint density at radius 1 is 0.848 bits per heavy atom. The number of amides is 2. The zero-order valence-electron chi connectivity index (χ0n) is 18.4. The molecule has 0 aromatic heterocycles. The monoisotopic (exact) mass is 441 g/mol. The van der Waals surface area contributed by atoms with Gasteiger partial charge in [0.2, 0.25) is 5.91 Å². The second-order valence-electron chi connectivity index (χ2n) is 8.44. The quantitative estimate of drug-likeness (QED) is 0.656. The average Bonchev–Trinajstić information content (AvgIpc) is 2.86. The average molecular weight is 442 g/mol. The summed E-state index contributed by atoms with van der Waals surface area (Å²) >= 11 is 0. The lowest BCUT2D eigenvalue weighted by atomic mass is 9.96. The van der Waals surface area contributed by atoms with Crippen LogP contribution in [0.4, 0.5) is 5.69 Å². The zero-order valence-corrected chi connectivity index (χ0v) is 18.4. The number of nitrogens with zero attached hydrogens (tertiary/aromatic N) is 2. The molecule has 3 aromatic carbocycles. The minimum Gasteiger partial charge on any atom is -0.478 e. The van der Waals surface area contributed by atoms with Crippen LogP contribution in [0.3, 0.4) is 0 Å². The van der Waals surface area contributed by atoms with E-state index in [-0.39, 0.29) is 24.3 Å². The van der Waals surface area contributed by atoms with Crippen LogP contribution in [0.1, 0.15) is 23.6 Å². The van der Waals surface area contributed by atoms with E-state index in [0.29, 0.717) is 24.5 Å². The number of benzene rings is 3. The molecule has 0 radical (unpaired) electrons. The number of ether oxygens (including phenoxy) is 1. The van der Waals surface area contributed by atoms with Crippen LogP contribution >= 0.6 is 0 Å². The molecule has 1 saturated heterocycles. The molecule has 0 aliphatic carbocycles. The van der Waals surface area contributed by atoms with Crippen molar-refractivity contribution >= 4 is 17.5 Å². The molecule has 168 valence electrons. The number of fused-ring (bicyclic) bond motifs is 1. The van der Waals surface area contributed by atoms with Crippen molar-refractivity contribution in [2.75, 3.05) is 31.5 Å². The summed E-state index contributed by atoms with van der Waals surface area (Å²) in [6.45, 7) is 2.78. The molecule has 6 nitrogen and oxygen atoms in total. The maximum atomic E-state index is 13.0. The Balaban J connectivity index is 1.24. The van der Waals surface area contributed by atoms with Gasteiger partial charge in [-0.2, -0.15) is 0 Å². The molecule has 1 unspecified atom stereocenters. The van der Waals surface area contributed by atoms with Crippen LogP contribution < -0.4 is 10.1 Å². The van der Waals surface area contributed by atoms with Gasteiger partial charge in [-0.1, -0.05) is 72.8 Å². The van der Waals surface area contributed by atoms with E-state index in [0.717, 1.165) is 13.1 Å². The molecule has 2 aliphatic heterocycles. The molecule has 6 heteroatoms. The molecule has 2 aliphatic rings. The molecule has 0 saturated carbocycles. The van der Waals surface area contributed by atoms with Crippen molar-refractivity contribution in [1.29, 1.82) is 0 Å². The predicted molar refractivity (Wildman–Crippen MR) is 127 cm³/mol. The number of anilines is 1. The summed E-state index contributed by atoms with van der Waals surface area (Å²) in [5, 5.41) is 2.83. The fourth-order valence-corrected chi connectivity index (χ4v) is 4.63. The SMILES string of the molecule is O=C1Nc2ccccc2OC1CC(=O)N1CCN(C(c2ccccc2)c2ccccc2)CC1. The fourth-order valence-electron chi connectivity index (χ4n) is 4.63. The number of hydrogen-bond donors (Lipinski definition) is 1. The van der Waals surface area contributed by atoms with Crippen LogP contribution in [0.15, 0.2) is 84.9 Å². The number of hydrogen-bond acceptors (Lipinski definition) is 4. The van der Waals surface area contributed by atoms with Gasteiger partial charge in [0.15, 0.2) is 6.10 Å². The number of carbonyl (C=O) groups excluding carboxylic acids is 2. The summed E-state index contributed by atoms with van der Waals surface area (Å²) < 4.78 is 5.81. The zero-order chi connectivity index (χ0) is 22.6. The second kappa shape index (κ2) is 9.46. The van der Waals surface area contributed by atoms with Crippen LogP contribution in [-0.4, -0.2) is 53.9 Å². The number of piperazine rings is 1. The summed E-state index contributed by atoms with van der Waals surface area (Å²) in [5.41, 5.74) is 3.14. The maximum absolute atomic E-state index is 13.0. The van der Waals surface area contributed by atoms with Crippen molar-refractivity contribution in [2.45, 2.75) is 18.6 Å². The Kier molecular flexibility index (Phi) is 6.09. The van der Waals surface area contributed by atoms with Gasteiger partial charge in [-0.3, -0.25) is 14.5 Å². The van der Waals surface area contributed by atoms with Crippen LogP contribution in [0.2, 0.25) is 0 Å². The van der Waals surface area contributed by atoms with Crippen LogP contribution in [-0.2, 0) is 9.59 Å². The van der Waals surface area contributed by atoms with Gasteiger partial charge in [-0.05, 0) is 23.3 Å². The molecular weight excluding hydrogens is 414 g/mol. The summed E-state index contributed by atoms with van der Waals surface area (Å²) in [6, 6.07) is 28.4. The fraction of sp³-hybridized carbons (Fsp3) is 0.259. The highest BCUT2D eigenvalue weighted by molar-refractivity contribution is 5.99. The standard InChI is InChI=1S/C27H27N3O3/c31-25(19-24-27(32)28-22-13-7-8-14-23(22)33-24)29-15-17-30(18-16-29)26(20-9-3-1-4-10-20)21-11-5-2-6-12-21/h1-14,24,26H,15-19H2,(H,28,32). The Labute approximate surface area is 193 Å². The predicted octanol–water partition coefficient (Wildman–Crippen LogP) is 3.71. The van der Waals surface area contributed by atoms with E-state index in [1.54, 1.807) is 12.1 Å². The topological polar surface area (TPSA) is 61.9 Å². The first-order valence-corrected chi connectivity index (χ1v) is 11.4. The van der Waals surface area contributed by atoms with Crippen LogP contribution in [0, 0.1) is 0 Å². The normalized spacial score (nSPS) is 18.4. The van der Waals surface area contributed by atoms with Gasteiger partial charge >= 0.3 is 0 Å². The first kappa shape index (κ1) is 21.2. The molecule has 0 spiro atoms. The maximum Gasteiger partial charge on any atom is 0.266 e. The number of carbonyl (C=O) groups is 2. The molecule has 2 heterocycles. The number of rotatable bonds is 5. The molecule has 3 aromatic rings. The Morgan fingerprint density at radius 2 is 1.42 bits per heavy atom. The molecular formula is C27H27N3O3. The molecule has 2 amide bonds. The van der Waals surface area contributed by atoms with Crippen molar-refractivity contribution in [3.05, 3.63) is 96.1 Å². The van der Waals surface area contributed by atoms with Crippen molar-refractivity contribution in [2.24, 2.45) is 0 Å². The number of nitrogens with one attached hydrogen (secondary N) is 1. The van der Waals surface area contributed by atoms with Crippen molar-refractivity contribution < 1.29 is 14.3 Å². The summed E-state index contributed by atoms with van der Waals surface area (Å²) in [5.74, 6) is 0.285. The largest absolute Gasteiger partial charge is 0.478 e. The molecule has 5 rings (SSSR count). The summed E-state index contributed by atoms with van der Waals surface area (Å²) in [6.07, 6.45) is -0.757. The molecule has 33 heavy (non-hydrogen) atoms. The highest BCUT2D eigenvalue weighted by atomic mass is 16.5. The first-order valence-electron chi connectivity index (χ1n) is 11.4. The summed E-state index contributed by atoms with van der Waals surface area (Å²) in [7, 11) is 0. The third kappa shape index (κ3) is 4.61.